The van der Waals surface area contributed by atoms with Gasteiger partial charge in [0.1, 0.15) is 17.7 Å². The van der Waals surface area contributed by atoms with Crippen molar-refractivity contribution in [2.75, 3.05) is 18.8 Å². The molecule has 31 heavy (non-hydrogen) atoms. The second-order valence-electron chi connectivity index (χ2n) is 8.52. The number of nitrogens with zero attached hydrogens (tertiary/aromatic N) is 5. The van der Waals surface area contributed by atoms with E-state index in [2.05, 4.69) is 20.4 Å². The van der Waals surface area contributed by atoms with Gasteiger partial charge >= 0.3 is 0 Å². The maximum atomic E-state index is 12.8. The van der Waals surface area contributed by atoms with Crippen molar-refractivity contribution < 1.29 is 9.59 Å². The molecule has 3 heterocycles. The van der Waals surface area contributed by atoms with Gasteiger partial charge in [0.15, 0.2) is 0 Å². The molecule has 2 amide bonds. The molecule has 1 fully saturated rings. The normalized spacial score (nSPS) is 15.7. The van der Waals surface area contributed by atoms with Crippen molar-refractivity contribution in [2.45, 2.75) is 59.4 Å². The first-order chi connectivity index (χ1) is 14.7. The highest BCUT2D eigenvalue weighted by Gasteiger charge is 2.27. The number of carbonyl (C=O) groups excluding carboxylic acids is 2. The summed E-state index contributed by atoms with van der Waals surface area (Å²) in [6.45, 7) is 8.75. The summed E-state index contributed by atoms with van der Waals surface area (Å²) in [5, 5.41) is 6.99. The lowest BCUT2D eigenvalue weighted by atomic mass is 9.90. The summed E-state index contributed by atoms with van der Waals surface area (Å²) in [5.41, 5.74) is 9.21. The van der Waals surface area contributed by atoms with Gasteiger partial charge in [0.05, 0.1) is 11.3 Å². The summed E-state index contributed by atoms with van der Waals surface area (Å²) in [6, 6.07) is -0.573. The van der Waals surface area contributed by atoms with Crippen LogP contribution in [0.25, 0.3) is 0 Å². The average Bonchev–Trinajstić information content (AvgIpc) is 3.05. The molecule has 3 rings (SSSR count). The van der Waals surface area contributed by atoms with E-state index in [-0.39, 0.29) is 11.8 Å². The highest BCUT2D eigenvalue weighted by molar-refractivity contribution is 5.98. The summed E-state index contributed by atoms with van der Waals surface area (Å²) in [7, 11) is 1.77. The lowest BCUT2D eigenvalue weighted by Gasteiger charge is -2.33. The fourth-order valence-electron chi connectivity index (χ4n) is 4.29. The van der Waals surface area contributed by atoms with Gasteiger partial charge in [0, 0.05) is 37.6 Å². The zero-order chi connectivity index (χ0) is 22.7. The van der Waals surface area contributed by atoms with Gasteiger partial charge in [-0.1, -0.05) is 0 Å². The Kier molecular flexibility index (Phi) is 6.92. The van der Waals surface area contributed by atoms with E-state index in [1.165, 1.54) is 0 Å². The van der Waals surface area contributed by atoms with Crippen LogP contribution < -0.4 is 11.1 Å². The van der Waals surface area contributed by atoms with Crippen LogP contribution in [0.1, 0.15) is 59.3 Å². The smallest absolute Gasteiger partial charge is 0.255 e. The van der Waals surface area contributed by atoms with Gasteiger partial charge in [-0.2, -0.15) is 5.10 Å². The number of piperidine rings is 1. The highest BCUT2D eigenvalue weighted by atomic mass is 16.2. The molecule has 0 aromatic carbocycles. The molecule has 0 unspecified atom stereocenters. The van der Waals surface area contributed by atoms with E-state index in [1.807, 2.05) is 18.7 Å². The molecule has 1 saturated heterocycles. The minimum Gasteiger partial charge on any atom is -0.383 e. The number of nitrogen functional groups attached to an aromatic ring is 1. The van der Waals surface area contributed by atoms with Crippen molar-refractivity contribution in [3.63, 3.8) is 0 Å². The Bertz CT molecular complexity index is 938. The van der Waals surface area contributed by atoms with Gasteiger partial charge in [-0.25, -0.2) is 9.97 Å². The molecule has 1 aliphatic rings. The van der Waals surface area contributed by atoms with E-state index in [1.54, 1.807) is 31.8 Å². The number of anilines is 1. The molecule has 0 bridgehead atoms. The number of hydrogen-bond acceptors (Lipinski definition) is 6. The van der Waals surface area contributed by atoms with Crippen LogP contribution in [0, 0.1) is 26.7 Å². The Labute approximate surface area is 183 Å². The summed E-state index contributed by atoms with van der Waals surface area (Å²) in [4.78, 5) is 35.8. The van der Waals surface area contributed by atoms with Crippen LogP contribution >= 0.6 is 0 Å². The predicted molar refractivity (Wildman–Crippen MR) is 118 cm³/mol. The van der Waals surface area contributed by atoms with Gasteiger partial charge in [0.25, 0.3) is 5.91 Å². The molecule has 9 nitrogen and oxygen atoms in total. The van der Waals surface area contributed by atoms with Crippen molar-refractivity contribution in [2.24, 2.45) is 13.0 Å². The third kappa shape index (κ3) is 5.39. The van der Waals surface area contributed by atoms with E-state index in [9.17, 15) is 9.59 Å². The first-order valence-corrected chi connectivity index (χ1v) is 10.8. The Morgan fingerprint density at radius 1 is 1.19 bits per heavy atom. The van der Waals surface area contributed by atoms with Crippen molar-refractivity contribution in [3.8, 4) is 0 Å². The molecule has 3 N–H and O–H groups in total. The van der Waals surface area contributed by atoms with E-state index in [0.717, 1.165) is 36.9 Å². The molecule has 1 atom stereocenters. The standard InChI is InChI=1S/C22H33N7O2/c1-13-18(20(23)26-16(4)24-13)7-6-17-8-10-29(11-9-17)22(31)15(3)25-21(30)19-12-28(5)27-14(19)2/h12,15,17H,6-11H2,1-5H3,(H,25,30)(H2,23,24,26)/t15-/m0/s1. The van der Waals surface area contributed by atoms with Crippen LogP contribution in [0.5, 0.6) is 0 Å². The Morgan fingerprint density at radius 2 is 1.87 bits per heavy atom. The lowest BCUT2D eigenvalue weighted by Crippen LogP contribution is -2.49. The fourth-order valence-corrected chi connectivity index (χ4v) is 4.29. The first-order valence-electron chi connectivity index (χ1n) is 10.8. The van der Waals surface area contributed by atoms with Crippen LogP contribution in [0.3, 0.4) is 0 Å². The molecule has 0 aliphatic carbocycles. The molecule has 0 saturated carbocycles. The van der Waals surface area contributed by atoms with Gasteiger partial charge in [-0.15, -0.1) is 0 Å². The molecule has 1 aliphatic heterocycles. The number of rotatable bonds is 6. The Balaban J connectivity index is 1.48. The molecular weight excluding hydrogens is 394 g/mol. The van der Waals surface area contributed by atoms with Crippen LogP contribution in [0.15, 0.2) is 6.20 Å². The highest BCUT2D eigenvalue weighted by Crippen LogP contribution is 2.25. The van der Waals surface area contributed by atoms with Crippen molar-refractivity contribution in [1.82, 2.24) is 30.0 Å². The number of aryl methyl sites for hydroxylation is 4. The number of aromatic nitrogens is 4. The van der Waals surface area contributed by atoms with Gasteiger partial charge in [0.2, 0.25) is 5.91 Å². The Morgan fingerprint density at radius 3 is 2.45 bits per heavy atom. The van der Waals surface area contributed by atoms with Crippen LogP contribution in [0.4, 0.5) is 5.82 Å². The molecule has 0 spiro atoms. The zero-order valence-corrected chi connectivity index (χ0v) is 19.1. The Hall–Kier alpha value is -2.97. The quantitative estimate of drug-likeness (QED) is 0.724. The maximum Gasteiger partial charge on any atom is 0.255 e. The molecule has 0 radical (unpaired) electrons. The van der Waals surface area contributed by atoms with Crippen molar-refractivity contribution in [1.29, 1.82) is 0 Å². The van der Waals surface area contributed by atoms with E-state index in [0.29, 0.717) is 41.9 Å². The van der Waals surface area contributed by atoms with Gasteiger partial charge in [-0.05, 0) is 59.3 Å². The minimum absolute atomic E-state index is 0.0413. The van der Waals surface area contributed by atoms with E-state index in [4.69, 9.17) is 5.73 Å². The third-order valence-corrected chi connectivity index (χ3v) is 6.06. The van der Waals surface area contributed by atoms with Crippen molar-refractivity contribution in [3.05, 3.63) is 34.5 Å². The molecule has 2 aromatic heterocycles. The summed E-state index contributed by atoms with van der Waals surface area (Å²) in [6.07, 6.45) is 5.42. The number of hydrogen-bond donors (Lipinski definition) is 2. The first kappa shape index (κ1) is 22.7. The molecular formula is C22H33N7O2. The topological polar surface area (TPSA) is 119 Å². The average molecular weight is 428 g/mol. The number of nitrogens with two attached hydrogens (primary N) is 1. The molecule has 2 aromatic rings. The fraction of sp³-hybridized carbons (Fsp3) is 0.591. The third-order valence-electron chi connectivity index (χ3n) is 6.06. The number of likely N-dealkylation sites (tertiary alicyclic amines) is 1. The van der Waals surface area contributed by atoms with Crippen molar-refractivity contribution >= 4 is 17.6 Å². The van der Waals surface area contributed by atoms with Crippen LogP contribution in [0.2, 0.25) is 0 Å². The zero-order valence-electron chi connectivity index (χ0n) is 19.1. The number of nitrogens with one attached hydrogen (secondary N) is 1. The summed E-state index contributed by atoms with van der Waals surface area (Å²) >= 11 is 0. The second kappa shape index (κ2) is 9.45. The molecule has 9 heteroatoms. The SMILES string of the molecule is Cc1nc(C)c(CCC2CCN(C(=O)[C@H](C)NC(=O)c3cn(C)nc3C)CC2)c(N)n1. The predicted octanol–water partition coefficient (Wildman–Crippen LogP) is 1.71. The van der Waals surface area contributed by atoms with Crippen LogP contribution in [-0.2, 0) is 18.3 Å². The lowest BCUT2D eigenvalue weighted by molar-refractivity contribution is -0.134. The summed E-state index contributed by atoms with van der Waals surface area (Å²) < 4.78 is 1.60. The van der Waals surface area contributed by atoms with Gasteiger partial charge in [-0.3, -0.25) is 14.3 Å². The van der Waals surface area contributed by atoms with E-state index < -0.39 is 6.04 Å². The van der Waals surface area contributed by atoms with E-state index >= 15 is 0 Å². The summed E-state index contributed by atoms with van der Waals surface area (Å²) in [5.74, 6) is 1.50. The second-order valence-corrected chi connectivity index (χ2v) is 8.52. The molecule has 168 valence electrons. The minimum atomic E-state index is -0.573. The number of carbonyl (C=O) groups is 2. The maximum absolute atomic E-state index is 12.8. The number of amides is 2. The van der Waals surface area contributed by atoms with Gasteiger partial charge < -0.3 is 16.0 Å². The largest absolute Gasteiger partial charge is 0.383 e. The monoisotopic (exact) mass is 427 g/mol. The van der Waals surface area contributed by atoms with Crippen LogP contribution in [-0.4, -0.2) is 55.6 Å².